The van der Waals surface area contributed by atoms with Crippen LogP contribution in [-0.4, -0.2) is 50.8 Å². The Hall–Kier alpha value is -1.42. The maximum atomic E-state index is 12.3. The molecule has 5 nitrogen and oxygen atoms in total. The molecule has 1 aromatic rings. The van der Waals surface area contributed by atoms with E-state index in [9.17, 15) is 8.42 Å². The quantitative estimate of drug-likeness (QED) is 0.814. The highest BCUT2D eigenvalue weighted by Crippen LogP contribution is 2.16. The summed E-state index contributed by atoms with van der Waals surface area (Å²) in [7, 11) is -1.36. The van der Waals surface area contributed by atoms with Gasteiger partial charge < -0.3 is 4.90 Å². The molecule has 2 rings (SSSR count). The zero-order valence-electron chi connectivity index (χ0n) is 10.9. The van der Waals surface area contributed by atoms with Crippen molar-refractivity contribution in [2.75, 3.05) is 33.2 Å². The minimum atomic E-state index is -3.34. The number of hydrogen-bond donors (Lipinski definition) is 0. The summed E-state index contributed by atoms with van der Waals surface area (Å²) in [6.07, 6.45) is 0. The molecule has 19 heavy (non-hydrogen) atoms. The first-order valence-corrected chi connectivity index (χ1v) is 7.78. The molecular weight excluding hydrogens is 262 g/mol. The van der Waals surface area contributed by atoms with Gasteiger partial charge in [0.1, 0.15) is 0 Å². The normalized spacial score (nSPS) is 18.1. The van der Waals surface area contributed by atoms with Crippen LogP contribution in [0, 0.1) is 11.3 Å². The first kappa shape index (κ1) is 14.0. The molecule has 0 amide bonds. The molecule has 102 valence electrons. The van der Waals surface area contributed by atoms with Crippen molar-refractivity contribution in [3.63, 3.8) is 0 Å². The summed E-state index contributed by atoms with van der Waals surface area (Å²) in [4.78, 5) is 2.11. The van der Waals surface area contributed by atoms with E-state index in [1.165, 1.54) is 4.31 Å². The second-order valence-electron chi connectivity index (χ2n) is 4.73. The van der Waals surface area contributed by atoms with Crippen LogP contribution in [0.25, 0.3) is 0 Å². The van der Waals surface area contributed by atoms with Crippen molar-refractivity contribution in [3.05, 3.63) is 35.4 Å². The molecule has 0 unspecified atom stereocenters. The Balaban J connectivity index is 2.15. The Morgan fingerprint density at radius 2 is 1.84 bits per heavy atom. The predicted molar refractivity (Wildman–Crippen MR) is 72.9 cm³/mol. The van der Waals surface area contributed by atoms with Crippen molar-refractivity contribution >= 4 is 10.0 Å². The molecule has 0 bridgehead atoms. The van der Waals surface area contributed by atoms with Crippen LogP contribution in [0.3, 0.4) is 0 Å². The van der Waals surface area contributed by atoms with Gasteiger partial charge in [-0.15, -0.1) is 0 Å². The van der Waals surface area contributed by atoms with Crippen LogP contribution in [0.4, 0.5) is 0 Å². The van der Waals surface area contributed by atoms with E-state index in [1.807, 2.05) is 13.1 Å². The average molecular weight is 279 g/mol. The lowest BCUT2D eigenvalue weighted by Gasteiger charge is -2.31. The lowest BCUT2D eigenvalue weighted by molar-refractivity contribution is 0.222. The third-order valence-electron chi connectivity index (χ3n) is 3.33. The van der Waals surface area contributed by atoms with Gasteiger partial charge in [0.15, 0.2) is 0 Å². The fraction of sp³-hybridized carbons (Fsp3) is 0.462. The number of nitrogens with zero attached hydrogens (tertiary/aromatic N) is 3. The summed E-state index contributed by atoms with van der Waals surface area (Å²) in [6.45, 7) is 2.54. The second kappa shape index (κ2) is 5.70. The molecule has 1 aliphatic heterocycles. The first-order chi connectivity index (χ1) is 9.03. The first-order valence-electron chi connectivity index (χ1n) is 6.17. The molecule has 6 heteroatoms. The Bertz CT molecular complexity index is 584. The summed E-state index contributed by atoms with van der Waals surface area (Å²) in [5, 5.41) is 9.00. The number of benzene rings is 1. The number of likely N-dealkylation sites (N-methyl/N-ethyl adjacent to an activating group) is 1. The molecule has 0 aliphatic carbocycles. The highest BCUT2D eigenvalue weighted by Gasteiger charge is 2.26. The molecule has 1 aromatic carbocycles. The Morgan fingerprint density at radius 1 is 1.21 bits per heavy atom. The van der Waals surface area contributed by atoms with Gasteiger partial charge in [0, 0.05) is 26.2 Å². The van der Waals surface area contributed by atoms with E-state index in [-0.39, 0.29) is 5.75 Å². The minimum Gasteiger partial charge on any atom is -0.304 e. The Labute approximate surface area is 114 Å². The summed E-state index contributed by atoms with van der Waals surface area (Å²) < 4.78 is 26.2. The highest BCUT2D eigenvalue weighted by molar-refractivity contribution is 7.88. The van der Waals surface area contributed by atoms with Crippen LogP contribution in [0.2, 0.25) is 0 Å². The van der Waals surface area contributed by atoms with Crippen molar-refractivity contribution in [2.24, 2.45) is 0 Å². The van der Waals surface area contributed by atoms with E-state index in [2.05, 4.69) is 4.90 Å². The molecule has 0 N–H and O–H groups in total. The van der Waals surface area contributed by atoms with E-state index in [4.69, 9.17) is 5.26 Å². The molecular formula is C13H17N3O2S. The number of rotatable bonds is 3. The largest absolute Gasteiger partial charge is 0.304 e. The molecule has 1 aliphatic rings. The van der Waals surface area contributed by atoms with Gasteiger partial charge in [-0.1, -0.05) is 18.2 Å². The van der Waals surface area contributed by atoms with Crippen LogP contribution >= 0.6 is 0 Å². The maximum Gasteiger partial charge on any atom is 0.218 e. The molecule has 1 saturated heterocycles. The van der Waals surface area contributed by atoms with Crippen molar-refractivity contribution < 1.29 is 8.42 Å². The van der Waals surface area contributed by atoms with E-state index < -0.39 is 10.0 Å². The lowest BCUT2D eigenvalue weighted by atomic mass is 10.1. The van der Waals surface area contributed by atoms with Crippen molar-refractivity contribution in [1.82, 2.24) is 9.21 Å². The third kappa shape index (κ3) is 3.32. The van der Waals surface area contributed by atoms with Crippen LogP contribution in [0.15, 0.2) is 24.3 Å². The van der Waals surface area contributed by atoms with Crippen LogP contribution in [0.5, 0.6) is 0 Å². The van der Waals surface area contributed by atoms with Gasteiger partial charge in [-0.05, 0) is 18.7 Å². The van der Waals surface area contributed by atoms with E-state index in [1.54, 1.807) is 24.3 Å². The van der Waals surface area contributed by atoms with Crippen molar-refractivity contribution in [2.45, 2.75) is 5.75 Å². The second-order valence-corrected chi connectivity index (χ2v) is 6.70. The van der Waals surface area contributed by atoms with Gasteiger partial charge in [0.25, 0.3) is 0 Å². The average Bonchev–Trinajstić information content (AvgIpc) is 2.39. The maximum absolute atomic E-state index is 12.3. The topological polar surface area (TPSA) is 64.4 Å². The number of sulfonamides is 1. The van der Waals surface area contributed by atoms with Crippen LogP contribution < -0.4 is 0 Å². The lowest BCUT2D eigenvalue weighted by Crippen LogP contribution is -2.47. The Morgan fingerprint density at radius 3 is 2.47 bits per heavy atom. The monoisotopic (exact) mass is 279 g/mol. The van der Waals surface area contributed by atoms with Gasteiger partial charge in [-0.25, -0.2) is 8.42 Å². The smallest absolute Gasteiger partial charge is 0.218 e. The standard InChI is InChI=1S/C13H17N3O2S/c1-15-6-8-16(9-7-15)19(17,18)11-13-5-3-2-4-12(13)10-14/h2-5H,6-9,11H2,1H3. The molecule has 0 spiro atoms. The van der Waals surface area contributed by atoms with Crippen molar-refractivity contribution in [3.8, 4) is 6.07 Å². The van der Waals surface area contributed by atoms with Gasteiger partial charge >= 0.3 is 0 Å². The summed E-state index contributed by atoms with van der Waals surface area (Å²) >= 11 is 0. The summed E-state index contributed by atoms with van der Waals surface area (Å²) in [6, 6.07) is 8.89. The number of piperazine rings is 1. The number of nitriles is 1. The zero-order chi connectivity index (χ0) is 13.9. The van der Waals surface area contributed by atoms with Crippen molar-refractivity contribution in [1.29, 1.82) is 5.26 Å². The molecule has 0 atom stereocenters. The molecule has 1 fully saturated rings. The molecule has 0 radical (unpaired) electrons. The molecule has 0 aromatic heterocycles. The third-order valence-corrected chi connectivity index (χ3v) is 5.16. The van der Waals surface area contributed by atoms with Crippen LogP contribution in [-0.2, 0) is 15.8 Å². The molecule has 0 saturated carbocycles. The zero-order valence-corrected chi connectivity index (χ0v) is 11.7. The fourth-order valence-electron chi connectivity index (χ4n) is 2.11. The van der Waals surface area contributed by atoms with E-state index >= 15 is 0 Å². The van der Waals surface area contributed by atoms with Gasteiger partial charge in [-0.2, -0.15) is 9.57 Å². The SMILES string of the molecule is CN1CCN(S(=O)(=O)Cc2ccccc2C#N)CC1. The minimum absolute atomic E-state index is 0.0968. The fourth-order valence-corrected chi connectivity index (χ4v) is 3.66. The van der Waals surface area contributed by atoms with Gasteiger partial charge in [-0.3, -0.25) is 0 Å². The summed E-state index contributed by atoms with van der Waals surface area (Å²) in [5.41, 5.74) is 1.00. The van der Waals surface area contributed by atoms with E-state index in [0.717, 1.165) is 13.1 Å². The molecule has 1 heterocycles. The van der Waals surface area contributed by atoms with E-state index in [0.29, 0.717) is 24.2 Å². The number of hydrogen-bond acceptors (Lipinski definition) is 4. The van der Waals surface area contributed by atoms with Gasteiger partial charge in [0.2, 0.25) is 10.0 Å². The summed E-state index contributed by atoms with van der Waals surface area (Å²) in [5.74, 6) is -0.0968. The van der Waals surface area contributed by atoms with Crippen LogP contribution in [0.1, 0.15) is 11.1 Å². The van der Waals surface area contributed by atoms with Gasteiger partial charge in [0.05, 0.1) is 17.4 Å². The Kier molecular flexibility index (Phi) is 4.20. The predicted octanol–water partition coefficient (Wildman–Crippen LogP) is 0.635. The highest BCUT2D eigenvalue weighted by atomic mass is 32.2.